The van der Waals surface area contributed by atoms with Crippen LogP contribution in [0, 0.1) is 11.8 Å². The first kappa shape index (κ1) is 9.62. The molecule has 70 valence electrons. The maximum atomic E-state index is 12.7. The Kier molecular flexibility index (Phi) is 2.49. The average molecular weight is 176 g/mol. The molecule has 3 heteroatoms. The van der Waals surface area contributed by atoms with E-state index in [1.807, 2.05) is 0 Å². The first-order valence-electron chi connectivity index (χ1n) is 4.34. The van der Waals surface area contributed by atoms with Gasteiger partial charge in [0.15, 0.2) is 0 Å². The SMILES string of the molecule is CC(C)C(=O)C1CCC(F)(F)C1. The molecule has 0 aromatic rings. The van der Waals surface area contributed by atoms with Crippen LogP contribution in [-0.2, 0) is 4.79 Å². The van der Waals surface area contributed by atoms with E-state index < -0.39 is 5.92 Å². The summed E-state index contributed by atoms with van der Waals surface area (Å²) in [5.41, 5.74) is 0. The molecule has 0 radical (unpaired) electrons. The normalized spacial score (nSPS) is 27.9. The van der Waals surface area contributed by atoms with E-state index in [0.29, 0.717) is 6.42 Å². The number of alkyl halides is 2. The molecule has 1 unspecified atom stereocenters. The van der Waals surface area contributed by atoms with Crippen molar-refractivity contribution in [3.8, 4) is 0 Å². The Hall–Kier alpha value is -0.470. The summed E-state index contributed by atoms with van der Waals surface area (Å²) in [7, 11) is 0. The van der Waals surface area contributed by atoms with Gasteiger partial charge in [0.05, 0.1) is 0 Å². The topological polar surface area (TPSA) is 17.1 Å². The average Bonchev–Trinajstić information content (AvgIpc) is 2.28. The van der Waals surface area contributed by atoms with Crippen LogP contribution in [0.4, 0.5) is 8.78 Å². The Labute approximate surface area is 71.1 Å². The number of rotatable bonds is 2. The molecule has 1 aliphatic rings. The Morgan fingerprint density at radius 2 is 2.08 bits per heavy atom. The van der Waals surface area contributed by atoms with Crippen molar-refractivity contribution in [3.63, 3.8) is 0 Å². The van der Waals surface area contributed by atoms with Gasteiger partial charge in [0.25, 0.3) is 0 Å². The summed E-state index contributed by atoms with van der Waals surface area (Å²) in [4.78, 5) is 11.3. The second kappa shape index (κ2) is 3.11. The van der Waals surface area contributed by atoms with Gasteiger partial charge in [0, 0.05) is 24.7 Å². The van der Waals surface area contributed by atoms with E-state index in [4.69, 9.17) is 0 Å². The lowest BCUT2D eigenvalue weighted by Crippen LogP contribution is -2.19. The molecule has 0 aliphatic heterocycles. The van der Waals surface area contributed by atoms with Crippen LogP contribution in [-0.4, -0.2) is 11.7 Å². The molecule has 1 atom stereocenters. The van der Waals surface area contributed by atoms with E-state index in [-0.39, 0.29) is 30.5 Å². The molecule has 0 amide bonds. The van der Waals surface area contributed by atoms with E-state index in [9.17, 15) is 13.6 Å². The lowest BCUT2D eigenvalue weighted by Gasteiger charge is -2.11. The number of carbonyl (C=O) groups is 1. The van der Waals surface area contributed by atoms with Crippen molar-refractivity contribution in [2.75, 3.05) is 0 Å². The lowest BCUT2D eigenvalue weighted by molar-refractivity contribution is -0.126. The van der Waals surface area contributed by atoms with Crippen molar-refractivity contribution in [2.45, 2.75) is 39.0 Å². The summed E-state index contributed by atoms with van der Waals surface area (Å²) in [5.74, 6) is -3.09. The van der Waals surface area contributed by atoms with Crippen LogP contribution < -0.4 is 0 Å². The molecule has 0 saturated heterocycles. The zero-order chi connectivity index (χ0) is 9.35. The quantitative estimate of drug-likeness (QED) is 0.632. The Morgan fingerprint density at radius 1 is 1.50 bits per heavy atom. The monoisotopic (exact) mass is 176 g/mol. The van der Waals surface area contributed by atoms with Crippen LogP contribution in [0.25, 0.3) is 0 Å². The predicted molar refractivity (Wildman–Crippen MR) is 42.1 cm³/mol. The van der Waals surface area contributed by atoms with Crippen LogP contribution in [0.1, 0.15) is 33.1 Å². The third-order valence-electron chi connectivity index (χ3n) is 2.38. The fourth-order valence-corrected chi connectivity index (χ4v) is 1.66. The third kappa shape index (κ3) is 2.02. The van der Waals surface area contributed by atoms with Gasteiger partial charge in [-0.3, -0.25) is 4.79 Å². The summed E-state index contributed by atoms with van der Waals surface area (Å²) in [6, 6.07) is 0. The van der Waals surface area contributed by atoms with E-state index in [2.05, 4.69) is 0 Å². The smallest absolute Gasteiger partial charge is 0.248 e. The molecule has 1 saturated carbocycles. The molecule has 1 fully saturated rings. The van der Waals surface area contributed by atoms with Crippen LogP contribution in [0.3, 0.4) is 0 Å². The molecule has 0 aromatic heterocycles. The summed E-state index contributed by atoms with van der Waals surface area (Å²) in [5, 5.41) is 0. The van der Waals surface area contributed by atoms with Gasteiger partial charge < -0.3 is 0 Å². The standard InChI is InChI=1S/C9H14F2O/c1-6(2)8(12)7-3-4-9(10,11)5-7/h6-7H,3-5H2,1-2H3. The van der Waals surface area contributed by atoms with E-state index >= 15 is 0 Å². The van der Waals surface area contributed by atoms with Crippen molar-refractivity contribution >= 4 is 5.78 Å². The minimum absolute atomic E-state index is 0.00725. The molecular formula is C9H14F2O. The van der Waals surface area contributed by atoms with Crippen LogP contribution in [0.5, 0.6) is 0 Å². The molecule has 12 heavy (non-hydrogen) atoms. The van der Waals surface area contributed by atoms with Gasteiger partial charge in [-0.1, -0.05) is 13.8 Å². The minimum atomic E-state index is -2.59. The second-order valence-electron chi connectivity index (χ2n) is 3.85. The summed E-state index contributed by atoms with van der Waals surface area (Å²) >= 11 is 0. The Bertz CT molecular complexity index is 187. The minimum Gasteiger partial charge on any atom is -0.299 e. The maximum absolute atomic E-state index is 12.7. The van der Waals surface area contributed by atoms with E-state index in [0.717, 1.165) is 0 Å². The van der Waals surface area contributed by atoms with Crippen LogP contribution in [0.15, 0.2) is 0 Å². The summed E-state index contributed by atoms with van der Waals surface area (Å²) in [6.07, 6.45) is 0.0180. The molecule has 0 heterocycles. The van der Waals surface area contributed by atoms with E-state index in [1.165, 1.54) is 0 Å². The van der Waals surface area contributed by atoms with Crippen molar-refractivity contribution in [1.29, 1.82) is 0 Å². The van der Waals surface area contributed by atoms with Crippen molar-refractivity contribution < 1.29 is 13.6 Å². The Morgan fingerprint density at radius 3 is 2.42 bits per heavy atom. The van der Waals surface area contributed by atoms with Crippen molar-refractivity contribution in [1.82, 2.24) is 0 Å². The highest BCUT2D eigenvalue weighted by Crippen LogP contribution is 2.39. The van der Waals surface area contributed by atoms with Gasteiger partial charge in [0.1, 0.15) is 5.78 Å². The fourth-order valence-electron chi connectivity index (χ4n) is 1.66. The van der Waals surface area contributed by atoms with Gasteiger partial charge in [0.2, 0.25) is 5.92 Å². The molecule has 1 nitrogen and oxygen atoms in total. The van der Waals surface area contributed by atoms with Crippen molar-refractivity contribution in [3.05, 3.63) is 0 Å². The number of carbonyl (C=O) groups excluding carboxylic acids is 1. The molecule has 1 rings (SSSR count). The lowest BCUT2D eigenvalue weighted by atomic mass is 9.94. The maximum Gasteiger partial charge on any atom is 0.248 e. The van der Waals surface area contributed by atoms with Gasteiger partial charge in [-0.05, 0) is 6.42 Å². The fraction of sp³-hybridized carbons (Fsp3) is 0.889. The number of hydrogen-bond acceptors (Lipinski definition) is 1. The summed E-state index contributed by atoms with van der Waals surface area (Å²) < 4.78 is 25.3. The zero-order valence-corrected chi connectivity index (χ0v) is 7.44. The molecule has 1 aliphatic carbocycles. The highest BCUT2D eigenvalue weighted by molar-refractivity contribution is 5.83. The number of Topliss-reactive ketones (excluding diaryl/α,β-unsaturated/α-hetero) is 1. The first-order chi connectivity index (χ1) is 5.42. The van der Waals surface area contributed by atoms with Gasteiger partial charge >= 0.3 is 0 Å². The molecule has 0 N–H and O–H groups in total. The summed E-state index contributed by atoms with van der Waals surface area (Å²) in [6.45, 7) is 3.53. The third-order valence-corrected chi connectivity index (χ3v) is 2.38. The number of hydrogen-bond donors (Lipinski definition) is 0. The van der Waals surface area contributed by atoms with Crippen LogP contribution in [0.2, 0.25) is 0 Å². The van der Waals surface area contributed by atoms with E-state index in [1.54, 1.807) is 13.8 Å². The van der Waals surface area contributed by atoms with Crippen LogP contribution >= 0.6 is 0 Å². The van der Waals surface area contributed by atoms with Gasteiger partial charge in [-0.25, -0.2) is 8.78 Å². The second-order valence-corrected chi connectivity index (χ2v) is 3.85. The largest absolute Gasteiger partial charge is 0.299 e. The van der Waals surface area contributed by atoms with Gasteiger partial charge in [-0.15, -0.1) is 0 Å². The van der Waals surface area contributed by atoms with Crippen molar-refractivity contribution in [2.24, 2.45) is 11.8 Å². The highest BCUT2D eigenvalue weighted by atomic mass is 19.3. The number of halogens is 2. The molecule has 0 bridgehead atoms. The molecule has 0 spiro atoms. The molecule has 0 aromatic carbocycles. The zero-order valence-electron chi connectivity index (χ0n) is 7.44. The Balaban J connectivity index is 2.53. The highest BCUT2D eigenvalue weighted by Gasteiger charge is 2.42. The predicted octanol–water partition coefficient (Wildman–Crippen LogP) is 2.65. The number of ketones is 1. The molecular weight excluding hydrogens is 162 g/mol. The van der Waals surface area contributed by atoms with Gasteiger partial charge in [-0.2, -0.15) is 0 Å². The first-order valence-corrected chi connectivity index (χ1v) is 4.34.